The number of alkyl halides is 3. The fourth-order valence-corrected chi connectivity index (χ4v) is 1.39. The molecule has 0 fully saturated rings. The van der Waals surface area contributed by atoms with Crippen molar-refractivity contribution >= 4 is 6.08 Å². The van der Waals surface area contributed by atoms with E-state index in [4.69, 9.17) is 0 Å². The van der Waals surface area contributed by atoms with Crippen LogP contribution in [0.1, 0.15) is 16.7 Å². The Balaban J connectivity index is 2.99. The molecule has 0 bridgehead atoms. The van der Waals surface area contributed by atoms with Crippen molar-refractivity contribution in [2.45, 2.75) is 13.1 Å². The van der Waals surface area contributed by atoms with Crippen molar-refractivity contribution in [2.75, 3.05) is 13.6 Å². The molecule has 0 radical (unpaired) electrons. The number of hydrogen-bond acceptors (Lipinski definition) is 1. The van der Waals surface area contributed by atoms with Gasteiger partial charge in [0.1, 0.15) is 0 Å². The Morgan fingerprint density at radius 1 is 1.25 bits per heavy atom. The van der Waals surface area contributed by atoms with Gasteiger partial charge in [-0.05, 0) is 37.2 Å². The highest BCUT2D eigenvalue weighted by Gasteiger charge is 2.30. The number of likely N-dealkylation sites (N-methyl/N-ethyl adjacent to an activating group) is 1. The molecule has 0 aliphatic carbocycles. The Labute approximate surface area is 93.0 Å². The smallest absolute Gasteiger partial charge is 0.316 e. The van der Waals surface area contributed by atoms with Crippen molar-refractivity contribution in [3.8, 4) is 0 Å². The van der Waals surface area contributed by atoms with Crippen molar-refractivity contribution in [3.05, 3.63) is 41.0 Å². The molecule has 0 amide bonds. The van der Waals surface area contributed by atoms with Crippen molar-refractivity contribution in [3.63, 3.8) is 0 Å². The summed E-state index contributed by atoms with van der Waals surface area (Å²) in [6.07, 6.45) is -0.814. The summed E-state index contributed by atoms with van der Waals surface area (Å²) in [5, 5.41) is 2.89. The lowest BCUT2D eigenvalue weighted by Gasteiger charge is -2.08. The van der Waals surface area contributed by atoms with Gasteiger partial charge in [0.15, 0.2) is 0 Å². The van der Waals surface area contributed by atoms with E-state index in [9.17, 15) is 13.2 Å². The van der Waals surface area contributed by atoms with Crippen LogP contribution in [0.15, 0.2) is 24.3 Å². The van der Waals surface area contributed by atoms with Crippen LogP contribution in [0.4, 0.5) is 13.2 Å². The Bertz CT molecular complexity index is 380. The monoisotopic (exact) mass is 229 g/mol. The second-order valence-electron chi connectivity index (χ2n) is 3.59. The van der Waals surface area contributed by atoms with Gasteiger partial charge in [-0.15, -0.1) is 0 Å². The van der Waals surface area contributed by atoms with Gasteiger partial charge in [0.05, 0.1) is 5.56 Å². The third-order valence-corrected chi connectivity index (χ3v) is 2.06. The van der Waals surface area contributed by atoms with Crippen LogP contribution in [-0.4, -0.2) is 13.6 Å². The normalized spacial score (nSPS) is 12.3. The molecular formula is C12H14F3N. The molecule has 1 N–H and O–H groups in total. The highest BCUT2D eigenvalue weighted by atomic mass is 19.4. The number of nitrogens with one attached hydrogen (secondary N) is 1. The highest BCUT2D eigenvalue weighted by Crippen LogP contribution is 2.30. The zero-order valence-electron chi connectivity index (χ0n) is 9.23. The van der Waals surface area contributed by atoms with E-state index in [0.717, 1.165) is 12.1 Å². The molecule has 0 saturated carbocycles. The van der Waals surface area contributed by atoms with Crippen LogP contribution >= 0.6 is 0 Å². The molecule has 0 unspecified atom stereocenters. The molecule has 88 valence electrons. The second kappa shape index (κ2) is 5.16. The van der Waals surface area contributed by atoms with Gasteiger partial charge < -0.3 is 5.32 Å². The zero-order valence-corrected chi connectivity index (χ0v) is 9.23. The number of rotatable bonds is 3. The summed E-state index contributed by atoms with van der Waals surface area (Å²) in [6.45, 7) is 2.29. The summed E-state index contributed by atoms with van der Waals surface area (Å²) in [5.41, 5.74) is 0.582. The van der Waals surface area contributed by atoms with E-state index in [-0.39, 0.29) is 0 Å². The maximum absolute atomic E-state index is 12.5. The lowest BCUT2D eigenvalue weighted by atomic mass is 10.1. The van der Waals surface area contributed by atoms with Gasteiger partial charge in [-0.1, -0.05) is 18.2 Å². The van der Waals surface area contributed by atoms with E-state index in [2.05, 4.69) is 5.32 Å². The van der Waals surface area contributed by atoms with Gasteiger partial charge in [-0.2, -0.15) is 13.2 Å². The fourth-order valence-electron chi connectivity index (χ4n) is 1.39. The summed E-state index contributed by atoms with van der Waals surface area (Å²) in [6, 6.07) is 4.02. The number of hydrogen-bond donors (Lipinski definition) is 1. The molecule has 1 aromatic carbocycles. The van der Waals surface area contributed by atoms with Crippen LogP contribution in [0.3, 0.4) is 0 Å². The molecule has 0 aliphatic heterocycles. The predicted octanol–water partition coefficient (Wildman–Crippen LogP) is 3.25. The number of halogens is 3. The van der Waals surface area contributed by atoms with Crippen molar-refractivity contribution < 1.29 is 13.2 Å². The zero-order chi connectivity index (χ0) is 12.2. The number of benzene rings is 1. The maximum Gasteiger partial charge on any atom is 0.416 e. The minimum atomic E-state index is -4.28. The summed E-state index contributed by atoms with van der Waals surface area (Å²) in [7, 11) is 1.78. The highest BCUT2D eigenvalue weighted by molar-refractivity contribution is 5.52. The summed E-state index contributed by atoms with van der Waals surface area (Å²) in [4.78, 5) is 0. The molecule has 0 aliphatic rings. The van der Waals surface area contributed by atoms with E-state index in [0.29, 0.717) is 17.7 Å². The van der Waals surface area contributed by atoms with Crippen LogP contribution in [0.5, 0.6) is 0 Å². The van der Waals surface area contributed by atoms with Gasteiger partial charge >= 0.3 is 6.18 Å². The summed E-state index contributed by atoms with van der Waals surface area (Å²) >= 11 is 0. The van der Waals surface area contributed by atoms with Crippen LogP contribution < -0.4 is 5.32 Å². The second-order valence-corrected chi connectivity index (χ2v) is 3.59. The van der Waals surface area contributed by atoms with E-state index in [1.165, 1.54) is 0 Å². The van der Waals surface area contributed by atoms with E-state index < -0.39 is 11.7 Å². The standard InChI is InChI=1S/C12H14F3N/c1-9-6-10(4-3-5-16-2)8-11(7-9)12(13,14)15/h3-4,6-8,16H,5H2,1-2H3. The van der Waals surface area contributed by atoms with E-state index >= 15 is 0 Å². The minimum absolute atomic E-state index is 0.572. The summed E-state index contributed by atoms with van der Waals surface area (Å²) < 4.78 is 37.5. The number of aryl methyl sites for hydroxylation is 1. The SMILES string of the molecule is CNCC=Cc1cc(C)cc(C(F)(F)F)c1. The van der Waals surface area contributed by atoms with Crippen molar-refractivity contribution in [1.29, 1.82) is 0 Å². The lowest BCUT2D eigenvalue weighted by Crippen LogP contribution is -2.06. The van der Waals surface area contributed by atoms with E-state index in [1.54, 1.807) is 32.2 Å². The largest absolute Gasteiger partial charge is 0.416 e. The topological polar surface area (TPSA) is 12.0 Å². The molecule has 0 aromatic heterocycles. The average Bonchev–Trinajstić information content (AvgIpc) is 2.16. The third kappa shape index (κ3) is 3.70. The molecule has 1 rings (SSSR count). The first kappa shape index (κ1) is 12.8. The van der Waals surface area contributed by atoms with Gasteiger partial charge in [0, 0.05) is 6.54 Å². The Hall–Kier alpha value is -1.29. The maximum atomic E-state index is 12.5. The molecule has 1 aromatic rings. The first-order chi connectivity index (χ1) is 7.43. The van der Waals surface area contributed by atoms with E-state index in [1.807, 2.05) is 0 Å². The van der Waals surface area contributed by atoms with Crippen LogP contribution in [-0.2, 0) is 6.18 Å². The first-order valence-electron chi connectivity index (χ1n) is 4.93. The fraction of sp³-hybridized carbons (Fsp3) is 0.333. The predicted molar refractivity (Wildman–Crippen MR) is 59.1 cm³/mol. The third-order valence-electron chi connectivity index (χ3n) is 2.06. The quantitative estimate of drug-likeness (QED) is 0.839. The van der Waals surface area contributed by atoms with Crippen molar-refractivity contribution in [1.82, 2.24) is 5.32 Å². The van der Waals surface area contributed by atoms with Gasteiger partial charge in [-0.25, -0.2) is 0 Å². The molecule has 0 heterocycles. The van der Waals surface area contributed by atoms with Crippen LogP contribution in [0.2, 0.25) is 0 Å². The Kier molecular flexibility index (Phi) is 4.12. The molecule has 0 atom stereocenters. The Morgan fingerprint density at radius 3 is 2.50 bits per heavy atom. The Morgan fingerprint density at radius 2 is 1.94 bits per heavy atom. The van der Waals surface area contributed by atoms with Gasteiger partial charge in [0.2, 0.25) is 0 Å². The van der Waals surface area contributed by atoms with Gasteiger partial charge in [-0.3, -0.25) is 0 Å². The molecule has 16 heavy (non-hydrogen) atoms. The molecule has 4 heteroatoms. The van der Waals surface area contributed by atoms with Crippen molar-refractivity contribution in [2.24, 2.45) is 0 Å². The first-order valence-corrected chi connectivity index (χ1v) is 4.93. The molecular weight excluding hydrogens is 215 g/mol. The average molecular weight is 229 g/mol. The van der Waals surface area contributed by atoms with Gasteiger partial charge in [0.25, 0.3) is 0 Å². The molecule has 1 nitrogen and oxygen atoms in total. The minimum Gasteiger partial charge on any atom is -0.316 e. The van der Waals surface area contributed by atoms with Crippen LogP contribution in [0.25, 0.3) is 6.08 Å². The lowest BCUT2D eigenvalue weighted by molar-refractivity contribution is -0.137. The molecule has 0 saturated heterocycles. The molecule has 0 spiro atoms. The van der Waals surface area contributed by atoms with Crippen LogP contribution in [0, 0.1) is 6.92 Å². The summed E-state index contributed by atoms with van der Waals surface area (Å²) in [5.74, 6) is 0.